The van der Waals surface area contributed by atoms with Crippen molar-refractivity contribution in [1.29, 1.82) is 0 Å². The summed E-state index contributed by atoms with van der Waals surface area (Å²) in [5.41, 5.74) is 1.01. The smallest absolute Gasteiger partial charge is 0.262 e. The van der Waals surface area contributed by atoms with Crippen molar-refractivity contribution in [3.63, 3.8) is 0 Å². The molecule has 0 aliphatic carbocycles. The van der Waals surface area contributed by atoms with Crippen LogP contribution in [0.2, 0.25) is 0 Å². The van der Waals surface area contributed by atoms with Gasteiger partial charge in [0.2, 0.25) is 0 Å². The normalized spacial score (nSPS) is 12.8. The first-order chi connectivity index (χ1) is 15.7. The van der Waals surface area contributed by atoms with Crippen molar-refractivity contribution in [3.05, 3.63) is 76.1 Å². The van der Waals surface area contributed by atoms with Crippen molar-refractivity contribution >= 4 is 40.5 Å². The summed E-state index contributed by atoms with van der Waals surface area (Å²) in [6.45, 7) is 0.467. The van der Waals surface area contributed by atoms with E-state index in [1.807, 2.05) is 28.1 Å². The van der Waals surface area contributed by atoms with E-state index in [0.717, 1.165) is 11.6 Å². The summed E-state index contributed by atoms with van der Waals surface area (Å²) in [6.07, 6.45) is 2.29. The Hall–Kier alpha value is -3.37. The third-order valence-electron chi connectivity index (χ3n) is 4.87. The van der Waals surface area contributed by atoms with E-state index in [2.05, 4.69) is 21.6 Å². The number of anilines is 1. The molecule has 4 heterocycles. The van der Waals surface area contributed by atoms with Gasteiger partial charge in [0.25, 0.3) is 5.91 Å². The quantitative estimate of drug-likeness (QED) is 0.311. The van der Waals surface area contributed by atoms with Gasteiger partial charge in [0.1, 0.15) is 17.3 Å². The fraction of sp³-hybridized carbons (Fsp3) is 0.182. The van der Waals surface area contributed by atoms with Crippen LogP contribution in [-0.2, 0) is 17.8 Å². The Bertz CT molecular complexity index is 1250. The molecule has 0 radical (unpaired) electrons. The molecular formula is C22H18N4O4S2. The summed E-state index contributed by atoms with van der Waals surface area (Å²) in [6, 6.07) is 12.9. The van der Waals surface area contributed by atoms with Crippen LogP contribution in [0.3, 0.4) is 0 Å². The van der Waals surface area contributed by atoms with Crippen molar-refractivity contribution in [2.45, 2.75) is 18.1 Å². The Balaban J connectivity index is 1.33. The van der Waals surface area contributed by atoms with Crippen LogP contribution < -0.4 is 10.1 Å². The SMILES string of the molecule is O=C1COc2ccc(C(=O)CSc3nnc(Cc4cccs4)n3Cc3ccco3)cc2N1. The monoisotopic (exact) mass is 466 g/mol. The van der Waals surface area contributed by atoms with E-state index in [-0.39, 0.29) is 24.1 Å². The van der Waals surface area contributed by atoms with Crippen LogP contribution in [0.15, 0.2) is 63.7 Å². The molecule has 0 fully saturated rings. The Morgan fingerprint density at radius 1 is 1.22 bits per heavy atom. The van der Waals surface area contributed by atoms with Gasteiger partial charge < -0.3 is 14.5 Å². The number of ether oxygens (including phenoxy) is 1. The molecule has 10 heteroatoms. The third kappa shape index (κ3) is 4.46. The number of aromatic nitrogens is 3. The Labute approximate surface area is 191 Å². The van der Waals surface area contributed by atoms with Gasteiger partial charge in [-0.2, -0.15) is 0 Å². The molecule has 0 atom stereocenters. The maximum absolute atomic E-state index is 12.8. The molecule has 3 aromatic heterocycles. The largest absolute Gasteiger partial charge is 0.482 e. The summed E-state index contributed by atoms with van der Waals surface area (Å²) in [4.78, 5) is 25.6. The number of rotatable bonds is 8. The van der Waals surface area contributed by atoms with E-state index in [9.17, 15) is 9.59 Å². The minimum atomic E-state index is -0.235. The first-order valence-electron chi connectivity index (χ1n) is 9.85. The molecule has 0 saturated carbocycles. The van der Waals surface area contributed by atoms with E-state index in [4.69, 9.17) is 9.15 Å². The minimum Gasteiger partial charge on any atom is -0.482 e. The number of carbonyl (C=O) groups excluding carboxylic acids is 2. The highest BCUT2D eigenvalue weighted by molar-refractivity contribution is 7.99. The van der Waals surface area contributed by atoms with Gasteiger partial charge in [0.15, 0.2) is 17.5 Å². The highest BCUT2D eigenvalue weighted by Gasteiger charge is 2.20. The van der Waals surface area contributed by atoms with Crippen LogP contribution in [0.1, 0.15) is 26.8 Å². The van der Waals surface area contributed by atoms with Gasteiger partial charge in [-0.25, -0.2) is 0 Å². The lowest BCUT2D eigenvalue weighted by atomic mass is 10.1. The van der Waals surface area contributed by atoms with Crippen LogP contribution in [-0.4, -0.2) is 38.8 Å². The average Bonchev–Trinajstić information content (AvgIpc) is 3.56. The van der Waals surface area contributed by atoms with Crippen LogP contribution in [0.25, 0.3) is 0 Å². The van der Waals surface area contributed by atoms with Gasteiger partial charge in [-0.15, -0.1) is 21.5 Å². The number of nitrogens with one attached hydrogen (secondary N) is 1. The molecule has 1 N–H and O–H groups in total. The zero-order chi connectivity index (χ0) is 21.9. The van der Waals surface area contributed by atoms with E-state index < -0.39 is 0 Å². The fourth-order valence-corrected chi connectivity index (χ4v) is 4.87. The second-order valence-corrected chi connectivity index (χ2v) is 9.05. The van der Waals surface area contributed by atoms with Gasteiger partial charge >= 0.3 is 0 Å². The number of hydrogen-bond acceptors (Lipinski definition) is 8. The molecular weight excluding hydrogens is 448 g/mol. The molecule has 32 heavy (non-hydrogen) atoms. The van der Waals surface area contributed by atoms with E-state index >= 15 is 0 Å². The summed E-state index contributed by atoms with van der Waals surface area (Å²) in [5.74, 6) is 2.03. The molecule has 4 aromatic rings. The molecule has 1 aliphatic rings. The number of benzene rings is 1. The zero-order valence-corrected chi connectivity index (χ0v) is 18.4. The molecule has 1 amide bonds. The Kier molecular flexibility index (Phi) is 5.78. The lowest BCUT2D eigenvalue weighted by molar-refractivity contribution is -0.118. The fourth-order valence-electron chi connectivity index (χ4n) is 3.31. The average molecular weight is 467 g/mol. The molecule has 1 aliphatic heterocycles. The molecule has 5 rings (SSSR count). The molecule has 1 aromatic carbocycles. The lowest BCUT2D eigenvalue weighted by Gasteiger charge is -2.18. The number of amides is 1. The number of Topliss-reactive ketones (excluding diaryl/α,β-unsaturated/α-hetero) is 1. The maximum Gasteiger partial charge on any atom is 0.262 e. The van der Waals surface area contributed by atoms with Crippen LogP contribution in [0.4, 0.5) is 5.69 Å². The van der Waals surface area contributed by atoms with Crippen molar-refractivity contribution in [1.82, 2.24) is 14.8 Å². The van der Waals surface area contributed by atoms with Crippen molar-refractivity contribution in [2.24, 2.45) is 0 Å². The molecule has 0 bridgehead atoms. The molecule has 8 nitrogen and oxygen atoms in total. The minimum absolute atomic E-state index is 0.0186. The summed E-state index contributed by atoms with van der Waals surface area (Å²) in [5, 5.41) is 14.1. The summed E-state index contributed by atoms with van der Waals surface area (Å²) < 4.78 is 12.8. The van der Waals surface area contributed by atoms with Gasteiger partial charge in [0.05, 0.1) is 24.2 Å². The zero-order valence-electron chi connectivity index (χ0n) is 16.8. The topological polar surface area (TPSA) is 99.3 Å². The molecule has 162 valence electrons. The van der Waals surface area contributed by atoms with Crippen molar-refractivity contribution in [3.8, 4) is 5.75 Å². The van der Waals surface area contributed by atoms with Crippen LogP contribution in [0, 0.1) is 0 Å². The van der Waals surface area contributed by atoms with Crippen molar-refractivity contribution < 1.29 is 18.7 Å². The standard InChI is InChI=1S/C22H18N4O4S2/c27-18(14-5-6-19-17(9-14)23-21(28)12-30-19)13-32-22-25-24-20(10-16-4-2-8-31-16)26(22)11-15-3-1-7-29-15/h1-9H,10-13H2,(H,23,28). The highest BCUT2D eigenvalue weighted by Crippen LogP contribution is 2.29. The van der Waals surface area contributed by atoms with E-state index in [0.29, 0.717) is 35.1 Å². The molecule has 0 saturated heterocycles. The van der Waals surface area contributed by atoms with Crippen molar-refractivity contribution in [2.75, 3.05) is 17.7 Å². The first-order valence-corrected chi connectivity index (χ1v) is 11.7. The number of carbonyl (C=O) groups is 2. The van der Waals surface area contributed by atoms with Gasteiger partial charge in [-0.05, 0) is 41.8 Å². The number of ketones is 1. The summed E-state index contributed by atoms with van der Waals surface area (Å²) in [7, 11) is 0. The molecule has 0 unspecified atom stereocenters. The van der Waals surface area contributed by atoms with Gasteiger partial charge in [0, 0.05) is 16.9 Å². The highest BCUT2D eigenvalue weighted by atomic mass is 32.2. The van der Waals surface area contributed by atoms with Gasteiger partial charge in [-0.3, -0.25) is 14.2 Å². The number of hydrogen-bond donors (Lipinski definition) is 1. The first kappa shape index (κ1) is 20.5. The number of fused-ring (bicyclic) bond motifs is 1. The number of thiophene rings is 1. The second-order valence-electron chi connectivity index (χ2n) is 7.08. The summed E-state index contributed by atoms with van der Waals surface area (Å²) >= 11 is 2.99. The number of thioether (sulfide) groups is 1. The van der Waals surface area contributed by atoms with Crippen LogP contribution >= 0.6 is 23.1 Å². The second kappa shape index (κ2) is 9.01. The van der Waals surface area contributed by atoms with Crippen LogP contribution in [0.5, 0.6) is 5.75 Å². The number of furan rings is 1. The Morgan fingerprint density at radius 2 is 2.16 bits per heavy atom. The third-order valence-corrected chi connectivity index (χ3v) is 6.71. The predicted molar refractivity (Wildman–Crippen MR) is 121 cm³/mol. The maximum atomic E-state index is 12.8. The molecule has 0 spiro atoms. The Morgan fingerprint density at radius 3 is 2.97 bits per heavy atom. The van der Waals surface area contributed by atoms with Gasteiger partial charge in [-0.1, -0.05) is 17.8 Å². The predicted octanol–water partition coefficient (Wildman–Crippen LogP) is 3.88. The van der Waals surface area contributed by atoms with E-state index in [1.54, 1.807) is 35.8 Å². The lowest BCUT2D eigenvalue weighted by Crippen LogP contribution is -2.25. The number of nitrogens with zero attached hydrogens (tertiary/aromatic N) is 3. The van der Waals surface area contributed by atoms with E-state index in [1.165, 1.54) is 16.6 Å².